The van der Waals surface area contributed by atoms with Crippen molar-refractivity contribution in [2.24, 2.45) is 11.8 Å². The minimum atomic E-state index is 0.735. The van der Waals surface area contributed by atoms with Crippen molar-refractivity contribution in [3.63, 3.8) is 0 Å². The molecule has 0 unspecified atom stereocenters. The van der Waals surface area contributed by atoms with Gasteiger partial charge in [-0.25, -0.2) is 0 Å². The Kier molecular flexibility index (Phi) is 8.53. The van der Waals surface area contributed by atoms with Gasteiger partial charge < -0.3 is 4.74 Å². The Hall–Kier alpha value is -0.0400. The first kappa shape index (κ1) is 13.0. The average Bonchev–Trinajstić information content (AvgIpc) is 2.05. The van der Waals surface area contributed by atoms with Gasteiger partial charge in [-0.05, 0) is 24.7 Å². The molecule has 80 valence electrons. The van der Waals surface area contributed by atoms with E-state index in [1.54, 1.807) is 0 Å². The fourth-order valence-corrected chi connectivity index (χ4v) is 1.62. The summed E-state index contributed by atoms with van der Waals surface area (Å²) in [5.41, 5.74) is 0. The van der Waals surface area contributed by atoms with Gasteiger partial charge in [-0.2, -0.15) is 0 Å². The molecular formula is C12H26O. The molecule has 13 heavy (non-hydrogen) atoms. The van der Waals surface area contributed by atoms with E-state index in [0.717, 1.165) is 25.0 Å². The van der Waals surface area contributed by atoms with Crippen LogP contribution in [0.15, 0.2) is 0 Å². The van der Waals surface area contributed by atoms with Gasteiger partial charge in [0.25, 0.3) is 0 Å². The molecule has 0 aliphatic carbocycles. The van der Waals surface area contributed by atoms with Crippen molar-refractivity contribution in [1.29, 1.82) is 0 Å². The van der Waals surface area contributed by atoms with Crippen molar-refractivity contribution in [2.45, 2.75) is 53.4 Å². The van der Waals surface area contributed by atoms with Crippen LogP contribution in [0.1, 0.15) is 53.4 Å². The molecule has 0 aliphatic heterocycles. The summed E-state index contributed by atoms with van der Waals surface area (Å²) in [7, 11) is 0. The van der Waals surface area contributed by atoms with E-state index in [2.05, 4.69) is 27.7 Å². The quantitative estimate of drug-likeness (QED) is 0.559. The van der Waals surface area contributed by atoms with Crippen LogP contribution in [0.5, 0.6) is 0 Å². The van der Waals surface area contributed by atoms with Crippen LogP contribution in [0.2, 0.25) is 0 Å². The second-order valence-electron chi connectivity index (χ2n) is 4.33. The topological polar surface area (TPSA) is 9.23 Å². The Balaban J connectivity index is 3.23. The van der Waals surface area contributed by atoms with Gasteiger partial charge >= 0.3 is 0 Å². The third-order valence-electron chi connectivity index (χ3n) is 2.37. The molecule has 0 fully saturated rings. The number of ether oxygens (including phenoxy) is 1. The van der Waals surface area contributed by atoms with Gasteiger partial charge in [-0.1, -0.05) is 40.5 Å². The van der Waals surface area contributed by atoms with E-state index in [1.165, 1.54) is 25.7 Å². The molecule has 0 saturated heterocycles. The highest BCUT2D eigenvalue weighted by atomic mass is 16.5. The Morgan fingerprint density at radius 2 is 1.23 bits per heavy atom. The molecule has 2 atom stereocenters. The van der Waals surface area contributed by atoms with Crippen LogP contribution in [0, 0.1) is 11.8 Å². The van der Waals surface area contributed by atoms with Crippen molar-refractivity contribution >= 4 is 0 Å². The maximum Gasteiger partial charge on any atom is 0.0491 e. The molecule has 0 N–H and O–H groups in total. The van der Waals surface area contributed by atoms with Gasteiger partial charge in [-0.15, -0.1) is 0 Å². The van der Waals surface area contributed by atoms with Crippen molar-refractivity contribution in [1.82, 2.24) is 0 Å². The van der Waals surface area contributed by atoms with Crippen molar-refractivity contribution in [3.05, 3.63) is 0 Å². The van der Waals surface area contributed by atoms with Crippen LogP contribution < -0.4 is 0 Å². The minimum Gasteiger partial charge on any atom is -0.381 e. The Morgan fingerprint density at radius 3 is 1.54 bits per heavy atom. The molecule has 0 amide bonds. The predicted molar refractivity (Wildman–Crippen MR) is 59.0 cm³/mol. The first-order valence-electron chi connectivity index (χ1n) is 5.78. The number of rotatable bonds is 8. The Morgan fingerprint density at radius 1 is 0.846 bits per heavy atom. The second-order valence-corrected chi connectivity index (χ2v) is 4.33. The fraction of sp³-hybridized carbons (Fsp3) is 1.00. The third-order valence-corrected chi connectivity index (χ3v) is 2.37. The maximum absolute atomic E-state index is 5.66. The fourth-order valence-electron chi connectivity index (χ4n) is 1.62. The summed E-state index contributed by atoms with van der Waals surface area (Å²) in [6.45, 7) is 10.9. The lowest BCUT2D eigenvalue weighted by molar-refractivity contribution is 0.0751. The minimum absolute atomic E-state index is 0.735. The summed E-state index contributed by atoms with van der Waals surface area (Å²) in [4.78, 5) is 0. The highest BCUT2D eigenvalue weighted by Gasteiger charge is 2.03. The van der Waals surface area contributed by atoms with Crippen LogP contribution in [0.25, 0.3) is 0 Å². The van der Waals surface area contributed by atoms with Crippen LogP contribution in [0.4, 0.5) is 0 Å². The molecule has 0 bridgehead atoms. The Bertz CT molecular complexity index is 89.3. The second kappa shape index (κ2) is 8.55. The Labute approximate surface area is 83.9 Å². The van der Waals surface area contributed by atoms with Crippen LogP contribution >= 0.6 is 0 Å². The van der Waals surface area contributed by atoms with Crippen molar-refractivity contribution in [3.8, 4) is 0 Å². The highest BCUT2D eigenvalue weighted by molar-refractivity contribution is 4.52. The third kappa shape index (κ3) is 8.29. The normalized spacial score (nSPS) is 15.7. The monoisotopic (exact) mass is 186 g/mol. The zero-order valence-electron chi connectivity index (χ0n) is 9.81. The molecule has 1 heteroatoms. The standard InChI is InChI=1S/C12H26O/c1-5-7-11(3)9-13-10-12(4)8-6-2/h11-12H,5-10H2,1-4H3/t11-,12-/m0/s1. The molecule has 0 rings (SSSR count). The van der Waals surface area contributed by atoms with E-state index >= 15 is 0 Å². The first-order chi connectivity index (χ1) is 6.20. The lowest BCUT2D eigenvalue weighted by Crippen LogP contribution is -2.11. The van der Waals surface area contributed by atoms with Crippen molar-refractivity contribution < 1.29 is 4.74 Å². The number of hydrogen-bond acceptors (Lipinski definition) is 1. The van der Waals surface area contributed by atoms with E-state index in [9.17, 15) is 0 Å². The highest BCUT2D eigenvalue weighted by Crippen LogP contribution is 2.08. The maximum atomic E-state index is 5.66. The van der Waals surface area contributed by atoms with Gasteiger partial charge in [0.15, 0.2) is 0 Å². The molecule has 0 aromatic heterocycles. The van der Waals surface area contributed by atoms with E-state index in [4.69, 9.17) is 4.74 Å². The zero-order valence-corrected chi connectivity index (χ0v) is 9.81. The predicted octanol–water partition coefficient (Wildman–Crippen LogP) is 3.88. The average molecular weight is 186 g/mol. The van der Waals surface area contributed by atoms with Crippen molar-refractivity contribution in [2.75, 3.05) is 13.2 Å². The van der Waals surface area contributed by atoms with E-state index in [-0.39, 0.29) is 0 Å². The molecule has 0 spiro atoms. The molecule has 0 heterocycles. The molecule has 0 aromatic carbocycles. The molecular weight excluding hydrogens is 160 g/mol. The summed E-state index contributed by atoms with van der Waals surface area (Å²) in [5.74, 6) is 1.47. The number of hydrogen-bond donors (Lipinski definition) is 0. The molecule has 0 radical (unpaired) electrons. The first-order valence-corrected chi connectivity index (χ1v) is 5.78. The summed E-state index contributed by atoms with van der Waals surface area (Å²) >= 11 is 0. The van der Waals surface area contributed by atoms with Gasteiger partial charge in [0.05, 0.1) is 0 Å². The smallest absolute Gasteiger partial charge is 0.0491 e. The summed E-state index contributed by atoms with van der Waals surface area (Å²) in [6.07, 6.45) is 5.13. The van der Waals surface area contributed by atoms with E-state index in [1.807, 2.05) is 0 Å². The summed E-state index contributed by atoms with van der Waals surface area (Å²) in [6, 6.07) is 0. The van der Waals surface area contributed by atoms with Gasteiger partial charge in [0.1, 0.15) is 0 Å². The van der Waals surface area contributed by atoms with Gasteiger partial charge in [-0.3, -0.25) is 0 Å². The summed E-state index contributed by atoms with van der Waals surface area (Å²) in [5, 5.41) is 0. The van der Waals surface area contributed by atoms with Crippen LogP contribution in [-0.4, -0.2) is 13.2 Å². The lowest BCUT2D eigenvalue weighted by atomic mass is 10.1. The molecule has 1 nitrogen and oxygen atoms in total. The van der Waals surface area contributed by atoms with Gasteiger partial charge in [0.2, 0.25) is 0 Å². The van der Waals surface area contributed by atoms with Crippen LogP contribution in [-0.2, 0) is 4.74 Å². The summed E-state index contributed by atoms with van der Waals surface area (Å²) < 4.78 is 5.66. The molecule has 0 aliphatic rings. The largest absolute Gasteiger partial charge is 0.381 e. The molecule has 0 aromatic rings. The van der Waals surface area contributed by atoms with E-state index in [0.29, 0.717) is 0 Å². The zero-order chi connectivity index (χ0) is 10.1. The SMILES string of the molecule is CCC[C@H](C)COC[C@@H](C)CCC. The van der Waals surface area contributed by atoms with E-state index < -0.39 is 0 Å². The van der Waals surface area contributed by atoms with Crippen LogP contribution in [0.3, 0.4) is 0 Å². The molecule has 0 saturated carbocycles. The van der Waals surface area contributed by atoms with Gasteiger partial charge in [0, 0.05) is 13.2 Å². The lowest BCUT2D eigenvalue weighted by Gasteiger charge is -2.14.